The molecule has 0 bridgehead atoms. The molecule has 0 radical (unpaired) electrons. The molecule has 0 saturated heterocycles. The Bertz CT molecular complexity index is 843. The van der Waals surface area contributed by atoms with E-state index in [0.29, 0.717) is 11.6 Å². The highest BCUT2D eigenvalue weighted by atomic mass is 16.2. The van der Waals surface area contributed by atoms with Gasteiger partial charge >= 0.3 is 0 Å². The SMILES string of the molecule is CC(Nc1ccc(C(=O)NC2CC2)cc1)C(=O)N1CCCc2ccccc21. The standard InChI is InChI=1S/C22H25N3O2/c1-15(22(27)25-14-4-6-16-5-2-3-7-20(16)25)23-18-10-8-17(9-11-18)21(26)24-19-12-13-19/h2-3,5,7-11,15,19,23H,4,6,12-14H2,1H3,(H,24,26). The van der Waals surface area contributed by atoms with Gasteiger partial charge in [-0.1, -0.05) is 18.2 Å². The van der Waals surface area contributed by atoms with Crippen molar-refractivity contribution in [1.29, 1.82) is 0 Å². The molecule has 2 aromatic carbocycles. The number of rotatable bonds is 5. The first-order valence-electron chi connectivity index (χ1n) is 9.68. The summed E-state index contributed by atoms with van der Waals surface area (Å²) in [4.78, 5) is 26.9. The van der Waals surface area contributed by atoms with Gasteiger partial charge in [-0.15, -0.1) is 0 Å². The Hall–Kier alpha value is -2.82. The van der Waals surface area contributed by atoms with Crippen molar-refractivity contribution in [3.63, 3.8) is 0 Å². The second-order valence-corrected chi connectivity index (χ2v) is 7.41. The molecule has 2 N–H and O–H groups in total. The van der Waals surface area contributed by atoms with Gasteiger partial charge in [0.05, 0.1) is 0 Å². The topological polar surface area (TPSA) is 61.4 Å². The van der Waals surface area contributed by atoms with Crippen LogP contribution in [0.25, 0.3) is 0 Å². The molecule has 0 spiro atoms. The normalized spacial score (nSPS) is 17.0. The fourth-order valence-electron chi connectivity index (χ4n) is 3.52. The van der Waals surface area contributed by atoms with Crippen LogP contribution in [-0.4, -0.2) is 30.4 Å². The summed E-state index contributed by atoms with van der Waals surface area (Å²) in [5, 5.41) is 6.25. The van der Waals surface area contributed by atoms with Crippen molar-refractivity contribution in [1.82, 2.24) is 5.32 Å². The lowest BCUT2D eigenvalue weighted by Gasteiger charge is -2.32. The lowest BCUT2D eigenvalue weighted by molar-refractivity contribution is -0.119. The number of carbonyl (C=O) groups is 2. The number of nitrogens with zero attached hydrogens (tertiary/aromatic N) is 1. The van der Waals surface area contributed by atoms with Gasteiger partial charge in [-0.2, -0.15) is 0 Å². The Balaban J connectivity index is 1.40. The summed E-state index contributed by atoms with van der Waals surface area (Å²) < 4.78 is 0. The minimum Gasteiger partial charge on any atom is -0.374 e. The van der Waals surface area contributed by atoms with E-state index in [4.69, 9.17) is 0 Å². The van der Waals surface area contributed by atoms with E-state index in [-0.39, 0.29) is 17.9 Å². The molecular weight excluding hydrogens is 338 g/mol. The van der Waals surface area contributed by atoms with Gasteiger partial charge in [0.1, 0.15) is 6.04 Å². The summed E-state index contributed by atoms with van der Waals surface area (Å²) in [7, 11) is 0. The fraction of sp³-hybridized carbons (Fsp3) is 0.364. The molecular formula is C22H25N3O2. The minimum atomic E-state index is -0.345. The van der Waals surface area contributed by atoms with E-state index in [1.165, 1.54) is 5.56 Å². The van der Waals surface area contributed by atoms with E-state index < -0.39 is 0 Å². The number of aryl methyl sites for hydroxylation is 1. The molecule has 1 aliphatic heterocycles. The predicted molar refractivity (Wildman–Crippen MR) is 107 cm³/mol. The largest absolute Gasteiger partial charge is 0.374 e. The molecule has 5 heteroatoms. The van der Waals surface area contributed by atoms with Crippen LogP contribution in [0.15, 0.2) is 48.5 Å². The third-order valence-corrected chi connectivity index (χ3v) is 5.19. The van der Waals surface area contributed by atoms with Gasteiger partial charge in [0.2, 0.25) is 5.91 Å². The summed E-state index contributed by atoms with van der Waals surface area (Å²) in [6.45, 7) is 2.63. The molecule has 5 nitrogen and oxygen atoms in total. The van der Waals surface area contributed by atoms with Gasteiger partial charge in [-0.05, 0) is 68.5 Å². The maximum atomic E-state index is 13.0. The molecule has 0 aromatic heterocycles. The molecule has 2 aromatic rings. The molecule has 27 heavy (non-hydrogen) atoms. The third-order valence-electron chi connectivity index (χ3n) is 5.19. The van der Waals surface area contributed by atoms with Crippen LogP contribution in [0.2, 0.25) is 0 Å². The van der Waals surface area contributed by atoms with Gasteiger partial charge in [-0.25, -0.2) is 0 Å². The van der Waals surface area contributed by atoms with Crippen molar-refractivity contribution in [3.8, 4) is 0 Å². The van der Waals surface area contributed by atoms with E-state index in [0.717, 1.165) is 43.6 Å². The van der Waals surface area contributed by atoms with Crippen LogP contribution < -0.4 is 15.5 Å². The average Bonchev–Trinajstić information content (AvgIpc) is 3.51. The van der Waals surface area contributed by atoms with Crippen LogP contribution in [0.4, 0.5) is 11.4 Å². The van der Waals surface area contributed by atoms with Gasteiger partial charge in [0, 0.05) is 29.5 Å². The second kappa shape index (κ2) is 7.43. The molecule has 1 heterocycles. The van der Waals surface area contributed by atoms with Crippen LogP contribution in [0, 0.1) is 0 Å². The molecule has 2 amide bonds. The highest BCUT2D eigenvalue weighted by Crippen LogP contribution is 2.27. The quantitative estimate of drug-likeness (QED) is 0.856. The van der Waals surface area contributed by atoms with E-state index in [2.05, 4.69) is 16.7 Å². The van der Waals surface area contributed by atoms with Crippen molar-refractivity contribution in [3.05, 3.63) is 59.7 Å². The first-order valence-corrected chi connectivity index (χ1v) is 9.68. The molecule has 140 valence electrons. The Labute approximate surface area is 159 Å². The van der Waals surface area contributed by atoms with Crippen LogP contribution in [0.1, 0.15) is 42.1 Å². The predicted octanol–water partition coefficient (Wildman–Crippen LogP) is 3.36. The van der Waals surface area contributed by atoms with Crippen LogP contribution in [-0.2, 0) is 11.2 Å². The number of carbonyl (C=O) groups excluding carboxylic acids is 2. The number of para-hydroxylation sites is 1. The molecule has 1 saturated carbocycles. The number of nitrogens with one attached hydrogen (secondary N) is 2. The Morgan fingerprint density at radius 1 is 1.07 bits per heavy atom. The zero-order valence-corrected chi connectivity index (χ0v) is 15.6. The highest BCUT2D eigenvalue weighted by Gasteiger charge is 2.26. The lowest BCUT2D eigenvalue weighted by atomic mass is 10.0. The smallest absolute Gasteiger partial charge is 0.251 e. The van der Waals surface area contributed by atoms with Crippen molar-refractivity contribution >= 4 is 23.2 Å². The number of benzene rings is 2. The lowest BCUT2D eigenvalue weighted by Crippen LogP contribution is -2.44. The number of fused-ring (bicyclic) bond motifs is 1. The zero-order valence-electron chi connectivity index (χ0n) is 15.6. The number of hydrogen-bond donors (Lipinski definition) is 2. The Morgan fingerprint density at radius 3 is 2.56 bits per heavy atom. The first kappa shape index (κ1) is 17.6. The Morgan fingerprint density at radius 2 is 1.81 bits per heavy atom. The molecule has 4 rings (SSSR count). The number of amides is 2. The summed E-state index contributed by atoms with van der Waals surface area (Å²) in [5.74, 6) is 0.0378. The average molecular weight is 363 g/mol. The van der Waals surface area contributed by atoms with Crippen LogP contribution in [0.3, 0.4) is 0 Å². The highest BCUT2D eigenvalue weighted by molar-refractivity contribution is 5.99. The first-order chi connectivity index (χ1) is 13.1. The third kappa shape index (κ3) is 3.97. The summed E-state index contributed by atoms with van der Waals surface area (Å²) in [6.07, 6.45) is 4.15. The van der Waals surface area contributed by atoms with Crippen LogP contribution in [0.5, 0.6) is 0 Å². The number of anilines is 2. The summed E-state index contributed by atoms with van der Waals surface area (Å²) in [5.41, 5.74) is 3.74. The van der Waals surface area contributed by atoms with Crippen molar-refractivity contribution < 1.29 is 9.59 Å². The van der Waals surface area contributed by atoms with Crippen molar-refractivity contribution in [2.75, 3.05) is 16.8 Å². The summed E-state index contributed by atoms with van der Waals surface area (Å²) in [6, 6.07) is 15.4. The minimum absolute atomic E-state index is 0.0295. The summed E-state index contributed by atoms with van der Waals surface area (Å²) >= 11 is 0. The molecule has 1 unspecified atom stereocenters. The maximum Gasteiger partial charge on any atom is 0.251 e. The second-order valence-electron chi connectivity index (χ2n) is 7.41. The molecule has 1 atom stereocenters. The van der Waals surface area contributed by atoms with Gasteiger partial charge < -0.3 is 15.5 Å². The van der Waals surface area contributed by atoms with Crippen molar-refractivity contribution in [2.45, 2.75) is 44.7 Å². The Kier molecular flexibility index (Phi) is 4.84. The molecule has 1 aliphatic carbocycles. The van der Waals surface area contributed by atoms with E-state index >= 15 is 0 Å². The zero-order chi connectivity index (χ0) is 18.8. The van der Waals surface area contributed by atoms with Gasteiger partial charge in [0.15, 0.2) is 0 Å². The number of hydrogen-bond acceptors (Lipinski definition) is 3. The van der Waals surface area contributed by atoms with Gasteiger partial charge in [-0.3, -0.25) is 9.59 Å². The van der Waals surface area contributed by atoms with E-state index in [1.54, 1.807) is 12.1 Å². The van der Waals surface area contributed by atoms with Crippen LogP contribution >= 0.6 is 0 Å². The fourth-order valence-corrected chi connectivity index (χ4v) is 3.52. The molecule has 2 aliphatic rings. The van der Waals surface area contributed by atoms with Crippen molar-refractivity contribution in [2.24, 2.45) is 0 Å². The van der Waals surface area contributed by atoms with E-state index in [1.807, 2.05) is 42.2 Å². The van der Waals surface area contributed by atoms with E-state index in [9.17, 15) is 9.59 Å². The maximum absolute atomic E-state index is 13.0. The molecule has 1 fully saturated rings. The monoisotopic (exact) mass is 363 g/mol. The van der Waals surface area contributed by atoms with Gasteiger partial charge in [0.25, 0.3) is 5.91 Å².